The van der Waals surface area contributed by atoms with Crippen molar-refractivity contribution >= 4 is 9.84 Å². The molecule has 6 nitrogen and oxygen atoms in total. The van der Waals surface area contributed by atoms with Crippen LogP contribution in [0.4, 0.5) is 13.2 Å². The summed E-state index contributed by atoms with van der Waals surface area (Å²) in [5.74, 6) is -0.114. The number of rotatable bonds is 2. The maximum Gasteiger partial charge on any atom is 0.501 e. The van der Waals surface area contributed by atoms with Crippen LogP contribution in [0.3, 0.4) is 0 Å². The Morgan fingerprint density at radius 2 is 1.80 bits per heavy atom. The molecule has 10 heteroatoms. The number of halogens is 3. The Labute approximate surface area is 111 Å². The molecule has 0 aliphatic rings. The van der Waals surface area contributed by atoms with E-state index in [9.17, 15) is 21.6 Å². The molecule has 0 N–H and O–H groups in total. The van der Waals surface area contributed by atoms with Gasteiger partial charge in [0.1, 0.15) is 12.4 Å². The highest BCUT2D eigenvalue weighted by molar-refractivity contribution is 7.92. The van der Waals surface area contributed by atoms with E-state index in [0.717, 1.165) is 28.9 Å². The quantitative estimate of drug-likeness (QED) is 0.837. The minimum absolute atomic E-state index is 0.114. The molecule has 0 bridgehead atoms. The van der Waals surface area contributed by atoms with Crippen LogP contribution in [0.5, 0.6) is 0 Å². The molecule has 1 aromatic carbocycles. The van der Waals surface area contributed by atoms with Gasteiger partial charge in [0.25, 0.3) is 15.7 Å². The monoisotopic (exact) mass is 302 g/mol. The van der Waals surface area contributed by atoms with Crippen molar-refractivity contribution in [1.82, 2.24) is 14.8 Å². The maximum absolute atomic E-state index is 12.3. The van der Waals surface area contributed by atoms with E-state index in [1.54, 1.807) is 6.07 Å². The average molecular weight is 302 g/mol. The van der Waals surface area contributed by atoms with Gasteiger partial charge in [-0.15, -0.1) is 5.10 Å². The van der Waals surface area contributed by atoms with E-state index in [4.69, 9.17) is 5.26 Å². The second kappa shape index (κ2) is 4.61. The minimum Gasteiger partial charge on any atom is -0.220 e. The highest BCUT2D eigenvalue weighted by Gasteiger charge is 2.46. The fourth-order valence-corrected chi connectivity index (χ4v) is 2.11. The Morgan fingerprint density at radius 1 is 1.20 bits per heavy atom. The van der Waals surface area contributed by atoms with Gasteiger partial charge in [0.05, 0.1) is 10.6 Å². The highest BCUT2D eigenvalue weighted by Crippen LogP contribution is 2.30. The largest absolute Gasteiger partial charge is 0.501 e. The molecule has 104 valence electrons. The van der Waals surface area contributed by atoms with Gasteiger partial charge in [-0.25, -0.2) is 18.1 Å². The van der Waals surface area contributed by atoms with E-state index in [1.165, 1.54) is 6.33 Å². The third kappa shape index (κ3) is 2.35. The van der Waals surface area contributed by atoms with Crippen LogP contribution in [0, 0.1) is 11.3 Å². The lowest BCUT2D eigenvalue weighted by molar-refractivity contribution is -0.0436. The van der Waals surface area contributed by atoms with Crippen molar-refractivity contribution < 1.29 is 21.6 Å². The number of hydrogen-bond acceptors (Lipinski definition) is 5. The first-order valence-electron chi connectivity index (χ1n) is 4.99. The van der Waals surface area contributed by atoms with Crippen LogP contribution in [-0.2, 0) is 9.84 Å². The zero-order valence-corrected chi connectivity index (χ0v) is 10.4. The normalized spacial score (nSPS) is 12.1. The van der Waals surface area contributed by atoms with Crippen molar-refractivity contribution in [3.05, 3.63) is 36.4 Å². The van der Waals surface area contributed by atoms with Gasteiger partial charge >= 0.3 is 5.51 Å². The summed E-state index contributed by atoms with van der Waals surface area (Å²) >= 11 is 0. The molecule has 1 heterocycles. The lowest BCUT2D eigenvalue weighted by atomic mass is 10.3. The van der Waals surface area contributed by atoms with Gasteiger partial charge in [-0.1, -0.05) is 0 Å². The minimum atomic E-state index is -5.37. The number of benzene rings is 1. The Bertz CT molecular complexity index is 772. The van der Waals surface area contributed by atoms with Crippen molar-refractivity contribution in [2.75, 3.05) is 0 Å². The summed E-state index contributed by atoms with van der Waals surface area (Å²) in [6.07, 6.45) is 1.19. The van der Waals surface area contributed by atoms with E-state index in [-0.39, 0.29) is 11.5 Å². The molecule has 0 atom stereocenters. The molecule has 0 aliphatic heterocycles. The fourth-order valence-electron chi connectivity index (χ4n) is 1.35. The van der Waals surface area contributed by atoms with E-state index < -0.39 is 20.2 Å². The van der Waals surface area contributed by atoms with Gasteiger partial charge in [0.2, 0.25) is 0 Å². The number of nitriles is 1. The summed E-state index contributed by atoms with van der Waals surface area (Å²) < 4.78 is 60.5. The zero-order chi connectivity index (χ0) is 15.0. The number of aromatic nitrogens is 3. The molecule has 1 aromatic heterocycles. The topological polar surface area (TPSA) is 88.6 Å². The smallest absolute Gasteiger partial charge is 0.220 e. The van der Waals surface area contributed by atoms with Crippen LogP contribution in [0.25, 0.3) is 5.69 Å². The number of sulfone groups is 1. The summed E-state index contributed by atoms with van der Waals surface area (Å²) in [7, 11) is -5.37. The molecule has 2 aromatic rings. The van der Waals surface area contributed by atoms with Crippen LogP contribution in [0.2, 0.25) is 0 Å². The predicted octanol–water partition coefficient (Wildman–Crippen LogP) is 1.43. The lowest BCUT2D eigenvalue weighted by Crippen LogP contribution is -2.23. The summed E-state index contributed by atoms with van der Waals surface area (Å²) in [5.41, 5.74) is -5.07. The predicted molar refractivity (Wildman–Crippen MR) is 59.3 cm³/mol. The number of alkyl halides is 3. The second-order valence-electron chi connectivity index (χ2n) is 3.57. The molecule has 20 heavy (non-hydrogen) atoms. The van der Waals surface area contributed by atoms with Gasteiger partial charge in [-0.3, -0.25) is 0 Å². The summed E-state index contributed by atoms with van der Waals surface area (Å²) in [4.78, 5) is 2.75. The third-order valence-electron chi connectivity index (χ3n) is 2.31. The van der Waals surface area contributed by atoms with Crippen molar-refractivity contribution in [2.45, 2.75) is 10.4 Å². The standard InChI is InChI=1S/C10H5F3N4O2S/c11-10(12,13)20(18,19)8-3-1-7(2-4-8)17-6-15-9(5-14)16-17/h1-4,6H. The van der Waals surface area contributed by atoms with E-state index in [2.05, 4.69) is 10.1 Å². The van der Waals surface area contributed by atoms with Gasteiger partial charge in [-0.2, -0.15) is 18.4 Å². The Hall–Kier alpha value is -2.41. The fraction of sp³-hybridized carbons (Fsp3) is 0.100. The summed E-state index contributed by atoms with van der Waals surface area (Å²) in [5, 5.41) is 12.3. The first kappa shape index (κ1) is 14.0. The molecule has 0 saturated carbocycles. The van der Waals surface area contributed by atoms with Crippen molar-refractivity contribution in [2.24, 2.45) is 0 Å². The highest BCUT2D eigenvalue weighted by atomic mass is 32.2. The van der Waals surface area contributed by atoms with Gasteiger partial charge in [0, 0.05) is 0 Å². The number of hydrogen-bond donors (Lipinski definition) is 0. The van der Waals surface area contributed by atoms with Crippen molar-refractivity contribution in [3.63, 3.8) is 0 Å². The SMILES string of the molecule is N#Cc1ncn(-c2ccc(S(=O)(=O)C(F)(F)F)cc2)n1. The second-order valence-corrected chi connectivity index (χ2v) is 5.51. The van der Waals surface area contributed by atoms with Gasteiger partial charge in [0.15, 0.2) is 0 Å². The van der Waals surface area contributed by atoms with Crippen LogP contribution in [0.15, 0.2) is 35.5 Å². The number of nitrogens with zero attached hydrogens (tertiary/aromatic N) is 4. The Balaban J connectivity index is 2.39. The zero-order valence-electron chi connectivity index (χ0n) is 9.53. The van der Waals surface area contributed by atoms with Crippen LogP contribution in [0.1, 0.15) is 5.82 Å². The summed E-state index contributed by atoms with van der Waals surface area (Å²) in [6.45, 7) is 0. The lowest BCUT2D eigenvalue weighted by Gasteiger charge is -2.08. The maximum atomic E-state index is 12.3. The van der Waals surface area contributed by atoms with Crippen LogP contribution in [-0.4, -0.2) is 28.7 Å². The molecule has 0 spiro atoms. The van der Waals surface area contributed by atoms with Gasteiger partial charge in [-0.05, 0) is 24.3 Å². The molecule has 0 radical (unpaired) electrons. The van der Waals surface area contributed by atoms with Crippen LogP contribution < -0.4 is 0 Å². The Kier molecular flexibility index (Phi) is 3.23. The van der Waals surface area contributed by atoms with Gasteiger partial charge < -0.3 is 0 Å². The third-order valence-corrected chi connectivity index (χ3v) is 3.81. The average Bonchev–Trinajstić information content (AvgIpc) is 2.86. The molecule has 2 rings (SSSR count). The van der Waals surface area contributed by atoms with E-state index >= 15 is 0 Å². The molecule has 0 aliphatic carbocycles. The van der Waals surface area contributed by atoms with Crippen molar-refractivity contribution in [3.8, 4) is 11.8 Å². The molecule has 0 unspecified atom stereocenters. The summed E-state index contributed by atoms with van der Waals surface area (Å²) in [6, 6.07) is 5.57. The molecule has 0 saturated heterocycles. The first-order chi connectivity index (χ1) is 9.25. The molecule has 0 amide bonds. The Morgan fingerprint density at radius 3 is 2.25 bits per heavy atom. The first-order valence-corrected chi connectivity index (χ1v) is 6.47. The van der Waals surface area contributed by atoms with E-state index in [0.29, 0.717) is 0 Å². The molecular formula is C10H5F3N4O2S. The molecular weight excluding hydrogens is 297 g/mol. The molecule has 0 fully saturated rings. The van der Waals surface area contributed by atoms with Crippen molar-refractivity contribution in [1.29, 1.82) is 5.26 Å². The van der Waals surface area contributed by atoms with E-state index in [1.807, 2.05) is 0 Å². The van der Waals surface area contributed by atoms with Crippen LogP contribution >= 0.6 is 0 Å².